The molecule has 6 nitrogen and oxygen atoms in total. The van der Waals surface area contributed by atoms with Crippen molar-refractivity contribution in [1.29, 1.82) is 0 Å². The second-order valence-corrected chi connectivity index (χ2v) is 5.95. The van der Waals surface area contributed by atoms with Crippen LogP contribution in [0.3, 0.4) is 0 Å². The van der Waals surface area contributed by atoms with Gasteiger partial charge in [0.25, 0.3) is 5.91 Å². The van der Waals surface area contributed by atoms with Crippen molar-refractivity contribution >= 4 is 23.5 Å². The SMILES string of the molecule is Cc1nn(-c2ccccc2)c(Cl)c1C(=O)OC(C(N)=O)c1ccccc1. The van der Waals surface area contributed by atoms with Gasteiger partial charge in [0.15, 0.2) is 0 Å². The van der Waals surface area contributed by atoms with Gasteiger partial charge in [-0.1, -0.05) is 60.1 Å². The molecule has 132 valence electrons. The zero-order chi connectivity index (χ0) is 18.7. The number of aryl methyl sites for hydroxylation is 1. The van der Waals surface area contributed by atoms with Crippen LogP contribution in [0.2, 0.25) is 5.15 Å². The first-order valence-corrected chi connectivity index (χ1v) is 8.22. The maximum absolute atomic E-state index is 12.7. The fourth-order valence-corrected chi connectivity index (χ4v) is 2.90. The summed E-state index contributed by atoms with van der Waals surface area (Å²) in [5.74, 6) is -1.53. The molecule has 0 saturated carbocycles. The van der Waals surface area contributed by atoms with E-state index in [1.165, 1.54) is 4.68 Å². The Balaban J connectivity index is 1.93. The largest absolute Gasteiger partial charge is 0.444 e. The molecule has 2 N–H and O–H groups in total. The molecule has 1 amide bonds. The smallest absolute Gasteiger partial charge is 0.344 e. The number of benzene rings is 2. The fraction of sp³-hybridized carbons (Fsp3) is 0.105. The van der Waals surface area contributed by atoms with Gasteiger partial charge in [0.05, 0.1) is 11.4 Å². The highest BCUT2D eigenvalue weighted by Gasteiger charge is 2.28. The van der Waals surface area contributed by atoms with Crippen molar-refractivity contribution in [2.24, 2.45) is 5.73 Å². The third-order valence-corrected chi connectivity index (χ3v) is 4.14. The van der Waals surface area contributed by atoms with Crippen molar-refractivity contribution in [2.75, 3.05) is 0 Å². The lowest BCUT2D eigenvalue weighted by Gasteiger charge is -2.15. The van der Waals surface area contributed by atoms with Crippen LogP contribution < -0.4 is 5.73 Å². The Labute approximate surface area is 155 Å². The maximum atomic E-state index is 12.7. The number of primary amides is 1. The normalized spacial score (nSPS) is 11.8. The van der Waals surface area contributed by atoms with Crippen molar-refractivity contribution in [3.05, 3.63) is 82.6 Å². The van der Waals surface area contributed by atoms with Gasteiger partial charge < -0.3 is 10.5 Å². The van der Waals surface area contributed by atoms with Crippen molar-refractivity contribution in [1.82, 2.24) is 9.78 Å². The lowest BCUT2D eigenvalue weighted by atomic mass is 10.1. The van der Waals surface area contributed by atoms with Crippen molar-refractivity contribution in [2.45, 2.75) is 13.0 Å². The lowest BCUT2D eigenvalue weighted by Crippen LogP contribution is -2.26. The Morgan fingerprint density at radius 1 is 1.08 bits per heavy atom. The summed E-state index contributed by atoms with van der Waals surface area (Å²) < 4.78 is 6.78. The van der Waals surface area contributed by atoms with Gasteiger partial charge in [0.1, 0.15) is 10.7 Å². The van der Waals surface area contributed by atoms with Crippen molar-refractivity contribution in [3.8, 4) is 5.69 Å². The summed E-state index contributed by atoms with van der Waals surface area (Å²) in [6.07, 6.45) is -1.21. The number of ether oxygens (including phenoxy) is 1. The lowest BCUT2D eigenvalue weighted by molar-refractivity contribution is -0.127. The van der Waals surface area contributed by atoms with E-state index < -0.39 is 18.0 Å². The average molecular weight is 370 g/mol. The van der Waals surface area contributed by atoms with Crippen LogP contribution in [0.4, 0.5) is 0 Å². The Bertz CT molecular complexity index is 939. The van der Waals surface area contributed by atoms with Gasteiger partial charge in [0, 0.05) is 5.56 Å². The monoisotopic (exact) mass is 369 g/mol. The van der Waals surface area contributed by atoms with Crippen LogP contribution in [-0.4, -0.2) is 21.7 Å². The fourth-order valence-electron chi connectivity index (χ4n) is 2.56. The Morgan fingerprint density at radius 2 is 1.65 bits per heavy atom. The van der Waals surface area contributed by atoms with E-state index in [4.69, 9.17) is 22.1 Å². The average Bonchev–Trinajstić information content (AvgIpc) is 2.95. The molecule has 7 heteroatoms. The topological polar surface area (TPSA) is 87.2 Å². The van der Waals surface area contributed by atoms with Crippen LogP contribution in [0.25, 0.3) is 5.69 Å². The molecule has 1 heterocycles. The van der Waals surface area contributed by atoms with E-state index in [-0.39, 0.29) is 10.7 Å². The van der Waals surface area contributed by atoms with Crippen molar-refractivity contribution < 1.29 is 14.3 Å². The van der Waals surface area contributed by atoms with Gasteiger partial charge in [0.2, 0.25) is 6.10 Å². The van der Waals surface area contributed by atoms with Crippen LogP contribution in [0.5, 0.6) is 0 Å². The molecule has 26 heavy (non-hydrogen) atoms. The molecule has 3 rings (SSSR count). The first-order chi connectivity index (χ1) is 12.5. The minimum atomic E-state index is -1.21. The van der Waals surface area contributed by atoms with Gasteiger partial charge in [-0.3, -0.25) is 4.79 Å². The van der Waals surface area contributed by atoms with Crippen LogP contribution in [0.1, 0.15) is 27.7 Å². The van der Waals surface area contributed by atoms with E-state index >= 15 is 0 Å². The standard InChI is InChI=1S/C19H16ClN3O3/c1-12-15(17(20)23(22-12)14-10-6-3-7-11-14)19(25)26-16(18(21)24)13-8-4-2-5-9-13/h2-11,16H,1H3,(H2,21,24). The van der Waals surface area contributed by atoms with Gasteiger partial charge in [-0.2, -0.15) is 5.10 Å². The highest BCUT2D eigenvalue weighted by atomic mass is 35.5. The van der Waals surface area contributed by atoms with Crippen LogP contribution in [-0.2, 0) is 9.53 Å². The molecule has 1 unspecified atom stereocenters. The van der Waals surface area contributed by atoms with E-state index in [1.54, 1.807) is 37.3 Å². The zero-order valence-electron chi connectivity index (χ0n) is 13.9. The van der Waals surface area contributed by atoms with E-state index in [0.29, 0.717) is 16.9 Å². The molecule has 1 atom stereocenters. The second-order valence-electron chi connectivity index (χ2n) is 5.60. The number of carbonyl (C=O) groups excluding carboxylic acids is 2. The molecule has 0 aliphatic rings. The first kappa shape index (κ1) is 17.7. The van der Waals surface area contributed by atoms with Crippen LogP contribution in [0, 0.1) is 6.92 Å². The molecule has 0 radical (unpaired) electrons. The number of hydrogen-bond donors (Lipinski definition) is 1. The molecular weight excluding hydrogens is 354 g/mol. The van der Waals surface area contributed by atoms with Crippen LogP contribution in [0.15, 0.2) is 60.7 Å². The summed E-state index contributed by atoms with van der Waals surface area (Å²) in [6, 6.07) is 17.7. The van der Waals surface area contributed by atoms with Gasteiger partial charge >= 0.3 is 5.97 Å². The second kappa shape index (κ2) is 7.41. The predicted octanol–water partition coefficient (Wildman–Crippen LogP) is 3.22. The van der Waals surface area contributed by atoms with E-state index in [0.717, 1.165) is 0 Å². The Kier molecular flexibility index (Phi) is 5.04. The van der Waals surface area contributed by atoms with E-state index in [2.05, 4.69) is 5.10 Å². The van der Waals surface area contributed by atoms with Crippen molar-refractivity contribution in [3.63, 3.8) is 0 Å². The quantitative estimate of drug-likeness (QED) is 0.699. The molecule has 0 aliphatic heterocycles. The Hall–Kier alpha value is -3.12. The molecule has 0 bridgehead atoms. The minimum absolute atomic E-state index is 0.0951. The highest BCUT2D eigenvalue weighted by molar-refractivity contribution is 6.33. The summed E-state index contributed by atoms with van der Waals surface area (Å²) >= 11 is 6.35. The summed E-state index contributed by atoms with van der Waals surface area (Å²) in [5.41, 5.74) is 7.07. The number of amides is 1. The Morgan fingerprint density at radius 3 is 2.23 bits per heavy atom. The van der Waals surface area contributed by atoms with Gasteiger partial charge in [-0.25, -0.2) is 9.48 Å². The number of esters is 1. The third kappa shape index (κ3) is 3.45. The number of nitrogens with zero attached hydrogens (tertiary/aromatic N) is 2. The predicted molar refractivity (Wildman–Crippen MR) is 97.1 cm³/mol. The number of aromatic nitrogens is 2. The zero-order valence-corrected chi connectivity index (χ0v) is 14.7. The van der Waals surface area contributed by atoms with Gasteiger partial charge in [-0.15, -0.1) is 0 Å². The molecule has 0 spiro atoms. The first-order valence-electron chi connectivity index (χ1n) is 7.85. The van der Waals surface area contributed by atoms with Crippen LogP contribution >= 0.6 is 11.6 Å². The molecule has 0 aliphatic carbocycles. The molecular formula is C19H16ClN3O3. The molecule has 3 aromatic rings. The highest BCUT2D eigenvalue weighted by Crippen LogP contribution is 2.26. The number of hydrogen-bond acceptors (Lipinski definition) is 4. The minimum Gasteiger partial charge on any atom is -0.444 e. The summed E-state index contributed by atoms with van der Waals surface area (Å²) in [5, 5.41) is 4.40. The van der Waals surface area contributed by atoms with E-state index in [9.17, 15) is 9.59 Å². The molecule has 0 saturated heterocycles. The summed E-state index contributed by atoms with van der Waals surface area (Å²) in [6.45, 7) is 1.64. The number of para-hydroxylation sites is 1. The third-order valence-electron chi connectivity index (χ3n) is 3.79. The van der Waals surface area contributed by atoms with E-state index in [1.807, 2.05) is 30.3 Å². The maximum Gasteiger partial charge on any atom is 0.344 e. The molecule has 0 fully saturated rings. The number of halogens is 1. The molecule has 2 aromatic carbocycles. The number of nitrogens with two attached hydrogens (primary N) is 1. The number of carbonyl (C=O) groups is 2. The summed E-state index contributed by atoms with van der Waals surface area (Å²) in [7, 11) is 0. The summed E-state index contributed by atoms with van der Waals surface area (Å²) in [4.78, 5) is 24.4. The number of rotatable bonds is 5. The van der Waals surface area contributed by atoms with Gasteiger partial charge in [-0.05, 0) is 19.1 Å². The molecule has 1 aromatic heterocycles.